The minimum absolute atomic E-state index is 0.0630. The summed E-state index contributed by atoms with van der Waals surface area (Å²) in [6.45, 7) is 0. The van der Waals surface area contributed by atoms with Crippen LogP contribution in [0.25, 0.3) is 21.5 Å². The Morgan fingerprint density at radius 1 is 0.444 bits per heavy atom. The van der Waals surface area contributed by atoms with Gasteiger partial charge in [-0.3, -0.25) is 0 Å². The number of hydrogen-bond donors (Lipinski definition) is 0. The number of fused-ring (bicyclic) bond motifs is 3. The van der Waals surface area contributed by atoms with Gasteiger partial charge in [-0.15, -0.1) is 0 Å². The van der Waals surface area contributed by atoms with Crippen molar-refractivity contribution in [1.82, 2.24) is 0 Å². The number of rotatable bonds is 0. The van der Waals surface area contributed by atoms with Gasteiger partial charge in [-0.1, -0.05) is 12.1 Å². The van der Waals surface area contributed by atoms with Gasteiger partial charge in [0.25, 0.3) is 0 Å². The lowest BCUT2D eigenvalue weighted by Crippen LogP contribution is -1.91. The fourth-order valence-electron chi connectivity index (χ4n) is 2.14. The first-order chi connectivity index (χ1) is 8.59. The third kappa shape index (κ3) is 1.38. The van der Waals surface area contributed by atoms with Crippen LogP contribution in [0.5, 0.6) is 0 Å². The van der Waals surface area contributed by atoms with Crippen molar-refractivity contribution < 1.29 is 17.6 Å². The maximum atomic E-state index is 13.8. The highest BCUT2D eigenvalue weighted by molar-refractivity contribution is 6.08. The Morgan fingerprint density at radius 3 is 1.17 bits per heavy atom. The summed E-state index contributed by atoms with van der Waals surface area (Å²) in [4.78, 5) is 0. The molecule has 0 atom stereocenters. The predicted molar refractivity (Wildman–Crippen MR) is 61.3 cm³/mol. The molecule has 0 N–H and O–H groups in total. The number of hydrogen-bond acceptors (Lipinski definition) is 0. The summed E-state index contributed by atoms with van der Waals surface area (Å²) in [5.41, 5.74) is 0. The molecule has 0 nitrogen and oxygen atoms in total. The minimum atomic E-state index is -0.776. The first-order valence-electron chi connectivity index (χ1n) is 5.24. The maximum Gasteiger partial charge on any atom is 0.131 e. The smallest absolute Gasteiger partial charge is 0.131 e. The van der Waals surface area contributed by atoms with Crippen molar-refractivity contribution in [2.75, 3.05) is 0 Å². The van der Waals surface area contributed by atoms with Crippen LogP contribution in [0.4, 0.5) is 17.6 Å². The van der Waals surface area contributed by atoms with Crippen LogP contribution in [-0.4, -0.2) is 0 Å². The van der Waals surface area contributed by atoms with E-state index in [0.717, 1.165) is 24.3 Å². The van der Waals surface area contributed by atoms with Crippen LogP contribution in [0.2, 0.25) is 0 Å². The van der Waals surface area contributed by atoms with Crippen LogP contribution in [-0.2, 0) is 0 Å². The van der Waals surface area contributed by atoms with Crippen molar-refractivity contribution in [2.24, 2.45) is 0 Å². The van der Waals surface area contributed by atoms with Crippen LogP contribution >= 0.6 is 0 Å². The Morgan fingerprint density at radius 2 is 0.778 bits per heavy atom. The molecule has 3 aromatic rings. The fraction of sp³-hybridized carbons (Fsp3) is 0. The first-order valence-corrected chi connectivity index (χ1v) is 5.24. The van der Waals surface area contributed by atoms with E-state index in [1.54, 1.807) is 0 Å². The molecule has 4 heteroatoms. The molecule has 0 aliphatic carbocycles. The molecular weight excluding hydrogens is 244 g/mol. The zero-order valence-corrected chi connectivity index (χ0v) is 8.98. The highest BCUT2D eigenvalue weighted by Crippen LogP contribution is 2.32. The molecule has 0 spiro atoms. The summed E-state index contributed by atoms with van der Waals surface area (Å²) in [6.07, 6.45) is 0. The largest absolute Gasteiger partial charge is 0.206 e. The van der Waals surface area contributed by atoms with E-state index in [0.29, 0.717) is 0 Å². The van der Waals surface area contributed by atoms with Gasteiger partial charge in [0.05, 0.1) is 0 Å². The Balaban J connectivity index is 2.69. The molecule has 3 rings (SSSR count). The molecule has 0 aliphatic rings. The van der Waals surface area contributed by atoms with E-state index in [1.807, 2.05) is 0 Å². The predicted octanol–water partition coefficient (Wildman–Crippen LogP) is 4.55. The van der Waals surface area contributed by atoms with E-state index in [2.05, 4.69) is 0 Å². The van der Waals surface area contributed by atoms with Crippen molar-refractivity contribution in [1.29, 1.82) is 0 Å². The number of benzene rings is 3. The molecule has 0 fully saturated rings. The van der Waals surface area contributed by atoms with E-state index >= 15 is 0 Å². The second-order valence-corrected chi connectivity index (χ2v) is 3.97. The summed E-state index contributed by atoms with van der Waals surface area (Å²) >= 11 is 0. The van der Waals surface area contributed by atoms with Gasteiger partial charge in [0.2, 0.25) is 0 Å². The average Bonchev–Trinajstić information content (AvgIpc) is 2.37. The summed E-state index contributed by atoms with van der Waals surface area (Å²) in [5.74, 6) is -2.89. The van der Waals surface area contributed by atoms with Gasteiger partial charge >= 0.3 is 0 Å². The molecular formula is C14H6F4. The molecule has 0 amide bonds. The first kappa shape index (κ1) is 11.0. The van der Waals surface area contributed by atoms with Crippen LogP contribution < -0.4 is 0 Å². The fourth-order valence-corrected chi connectivity index (χ4v) is 2.14. The van der Waals surface area contributed by atoms with Crippen LogP contribution in [0.15, 0.2) is 36.4 Å². The van der Waals surface area contributed by atoms with E-state index in [4.69, 9.17) is 0 Å². The lowest BCUT2D eigenvalue weighted by Gasteiger charge is -2.07. The maximum absolute atomic E-state index is 13.8. The van der Waals surface area contributed by atoms with Gasteiger partial charge in [0.15, 0.2) is 0 Å². The van der Waals surface area contributed by atoms with E-state index in [9.17, 15) is 17.6 Å². The van der Waals surface area contributed by atoms with Gasteiger partial charge in [-0.2, -0.15) is 0 Å². The molecule has 0 saturated carbocycles. The van der Waals surface area contributed by atoms with Crippen LogP contribution in [0.3, 0.4) is 0 Å². The summed E-state index contributed by atoms with van der Waals surface area (Å²) in [5, 5.41) is -0.590. The molecule has 0 saturated heterocycles. The monoisotopic (exact) mass is 250 g/mol. The minimum Gasteiger partial charge on any atom is -0.206 e. The topological polar surface area (TPSA) is 0 Å². The van der Waals surface area contributed by atoms with Crippen molar-refractivity contribution >= 4 is 21.5 Å². The molecule has 0 aliphatic heterocycles. The summed E-state index contributed by atoms with van der Waals surface area (Å²) < 4.78 is 54.6. The lowest BCUT2D eigenvalue weighted by atomic mass is 10.0. The molecule has 0 aromatic heterocycles. The van der Waals surface area contributed by atoms with Crippen molar-refractivity contribution in [3.8, 4) is 0 Å². The van der Waals surface area contributed by atoms with E-state index < -0.39 is 23.3 Å². The molecule has 0 radical (unpaired) electrons. The third-order valence-electron chi connectivity index (χ3n) is 2.95. The van der Waals surface area contributed by atoms with Gasteiger partial charge in [0.1, 0.15) is 23.3 Å². The van der Waals surface area contributed by atoms with Gasteiger partial charge < -0.3 is 0 Å². The number of halogens is 4. The Labute approximate surface area is 99.5 Å². The van der Waals surface area contributed by atoms with Crippen LogP contribution in [0.1, 0.15) is 0 Å². The molecule has 3 aromatic carbocycles. The standard InChI is InChI=1S/C14H6F4/c15-9-3-5-11(17)13-7(9)1-2-8-10(16)4-6-12(18)14(8)13/h1-6H. The quantitative estimate of drug-likeness (QED) is 0.405. The average molecular weight is 250 g/mol. The molecule has 18 heavy (non-hydrogen) atoms. The van der Waals surface area contributed by atoms with Crippen molar-refractivity contribution in [3.63, 3.8) is 0 Å². The SMILES string of the molecule is Fc1ccc(F)c2c1ccc1c(F)ccc(F)c12. The second kappa shape index (κ2) is 3.70. The highest BCUT2D eigenvalue weighted by atomic mass is 19.1. The summed E-state index contributed by atoms with van der Waals surface area (Å²) in [6, 6.07) is 6.22. The third-order valence-corrected chi connectivity index (χ3v) is 2.95. The second-order valence-electron chi connectivity index (χ2n) is 3.97. The molecule has 0 unspecified atom stereocenters. The summed E-state index contributed by atoms with van der Waals surface area (Å²) in [7, 11) is 0. The van der Waals surface area contributed by atoms with Gasteiger partial charge in [0, 0.05) is 21.5 Å². The van der Waals surface area contributed by atoms with Crippen molar-refractivity contribution in [3.05, 3.63) is 59.7 Å². The highest BCUT2D eigenvalue weighted by Gasteiger charge is 2.14. The molecule has 0 heterocycles. The van der Waals surface area contributed by atoms with Gasteiger partial charge in [-0.25, -0.2) is 17.6 Å². The lowest BCUT2D eigenvalue weighted by molar-refractivity contribution is 0.611. The Bertz CT molecular complexity index is 711. The zero-order chi connectivity index (χ0) is 12.9. The van der Waals surface area contributed by atoms with Crippen molar-refractivity contribution in [2.45, 2.75) is 0 Å². The zero-order valence-electron chi connectivity index (χ0n) is 8.98. The molecule has 0 bridgehead atoms. The molecule has 90 valence electrons. The Kier molecular flexibility index (Phi) is 2.26. The normalized spacial score (nSPS) is 11.3. The van der Waals surface area contributed by atoms with E-state index in [1.165, 1.54) is 12.1 Å². The van der Waals surface area contributed by atoms with Crippen LogP contribution in [0, 0.1) is 23.3 Å². The van der Waals surface area contributed by atoms with Gasteiger partial charge in [-0.05, 0) is 24.3 Å². The van der Waals surface area contributed by atoms with E-state index in [-0.39, 0.29) is 21.5 Å². The Hall–Kier alpha value is -2.10.